The van der Waals surface area contributed by atoms with E-state index < -0.39 is 0 Å². The second-order valence-corrected chi connectivity index (χ2v) is 8.50. The van der Waals surface area contributed by atoms with Crippen LogP contribution in [-0.2, 0) is 16.1 Å². The number of carbonyl (C=O) groups excluding carboxylic acids is 1. The lowest BCUT2D eigenvalue weighted by molar-refractivity contribution is -0.124. The molecule has 7 heteroatoms. The van der Waals surface area contributed by atoms with Gasteiger partial charge in [0, 0.05) is 13.1 Å². The summed E-state index contributed by atoms with van der Waals surface area (Å²) >= 11 is 6.79. The van der Waals surface area contributed by atoms with Crippen molar-refractivity contribution in [2.24, 2.45) is 0 Å². The summed E-state index contributed by atoms with van der Waals surface area (Å²) in [4.78, 5) is 17.3. The van der Waals surface area contributed by atoms with Crippen molar-refractivity contribution in [2.75, 3.05) is 33.0 Å². The van der Waals surface area contributed by atoms with E-state index in [1.165, 1.54) is 11.8 Å². The minimum absolute atomic E-state index is 0.0316. The zero-order valence-corrected chi connectivity index (χ0v) is 17.6. The van der Waals surface area contributed by atoms with Crippen LogP contribution < -0.4 is 4.74 Å². The van der Waals surface area contributed by atoms with E-state index in [1.807, 2.05) is 60.7 Å². The van der Waals surface area contributed by atoms with Crippen LogP contribution in [0.3, 0.4) is 0 Å². The number of carbonyl (C=O) groups is 1. The molecule has 0 radical (unpaired) electrons. The van der Waals surface area contributed by atoms with Crippen molar-refractivity contribution >= 4 is 40.3 Å². The summed E-state index contributed by atoms with van der Waals surface area (Å²) in [6.45, 7) is 4.09. The first-order valence-electron chi connectivity index (χ1n) is 9.51. The Morgan fingerprint density at radius 1 is 1.07 bits per heavy atom. The molecule has 0 aliphatic carbocycles. The van der Waals surface area contributed by atoms with Gasteiger partial charge in [-0.15, -0.1) is 0 Å². The Bertz CT molecular complexity index is 894. The zero-order valence-electron chi connectivity index (χ0n) is 16.0. The molecule has 1 amide bonds. The van der Waals surface area contributed by atoms with Crippen molar-refractivity contribution < 1.29 is 14.3 Å². The lowest BCUT2D eigenvalue weighted by Crippen LogP contribution is -2.45. The number of amides is 1. The summed E-state index contributed by atoms with van der Waals surface area (Å²) in [7, 11) is 0. The fourth-order valence-electron chi connectivity index (χ4n) is 3.12. The minimum atomic E-state index is -0.0316. The molecule has 5 nitrogen and oxygen atoms in total. The van der Waals surface area contributed by atoms with Crippen molar-refractivity contribution in [1.29, 1.82) is 0 Å². The highest BCUT2D eigenvalue weighted by Gasteiger charge is 2.33. The molecule has 0 saturated carbocycles. The number of ether oxygens (including phenoxy) is 2. The maximum atomic E-state index is 12.8. The number of thioether (sulfide) groups is 1. The third kappa shape index (κ3) is 5.25. The molecule has 2 fully saturated rings. The third-order valence-corrected chi connectivity index (χ3v) is 6.12. The van der Waals surface area contributed by atoms with Crippen LogP contribution in [0, 0.1) is 0 Å². The normalized spacial score (nSPS) is 19.2. The number of morpholine rings is 1. The molecule has 0 aromatic heterocycles. The van der Waals surface area contributed by atoms with E-state index in [4.69, 9.17) is 21.7 Å². The number of benzene rings is 2. The van der Waals surface area contributed by atoms with Crippen LogP contribution in [-0.4, -0.2) is 53.0 Å². The fraction of sp³-hybridized carbons (Fsp3) is 0.273. The van der Waals surface area contributed by atoms with Crippen LogP contribution in [0.4, 0.5) is 0 Å². The zero-order chi connectivity index (χ0) is 20.1. The van der Waals surface area contributed by atoms with E-state index in [9.17, 15) is 4.79 Å². The van der Waals surface area contributed by atoms with Crippen molar-refractivity contribution in [3.63, 3.8) is 0 Å². The van der Waals surface area contributed by atoms with Gasteiger partial charge in [0.05, 0.1) is 24.8 Å². The Hall–Kier alpha value is -2.19. The second kappa shape index (κ2) is 9.54. The molecular formula is C22H22N2O3S2. The number of hydrogen-bond donors (Lipinski definition) is 0. The SMILES string of the molecule is O=C1/C(=C\c2ccc(OCc3ccccc3)cc2)SC(=S)N1CN1CCOCC1. The molecule has 0 spiro atoms. The second-order valence-electron chi connectivity index (χ2n) is 6.82. The summed E-state index contributed by atoms with van der Waals surface area (Å²) in [6, 6.07) is 17.8. The highest BCUT2D eigenvalue weighted by atomic mass is 32.2. The third-order valence-electron chi connectivity index (χ3n) is 4.74. The standard InChI is InChI=1S/C22H22N2O3S2/c25-21-20(29-22(28)24(21)16-23-10-12-26-13-11-23)14-17-6-8-19(9-7-17)27-15-18-4-2-1-3-5-18/h1-9,14H,10-13,15-16H2/b20-14+. The van der Waals surface area contributed by atoms with Gasteiger partial charge in [0.15, 0.2) is 0 Å². The lowest BCUT2D eigenvalue weighted by atomic mass is 10.2. The molecule has 2 aliphatic rings. The van der Waals surface area contributed by atoms with Gasteiger partial charge >= 0.3 is 0 Å². The quantitative estimate of drug-likeness (QED) is 0.518. The summed E-state index contributed by atoms with van der Waals surface area (Å²) < 4.78 is 11.8. The largest absolute Gasteiger partial charge is 0.489 e. The maximum absolute atomic E-state index is 12.8. The highest BCUT2D eigenvalue weighted by Crippen LogP contribution is 2.33. The van der Waals surface area contributed by atoms with Gasteiger partial charge < -0.3 is 9.47 Å². The Kier molecular flexibility index (Phi) is 6.61. The summed E-state index contributed by atoms with van der Waals surface area (Å²) in [5, 5.41) is 0. The summed E-state index contributed by atoms with van der Waals surface area (Å²) in [6.07, 6.45) is 1.89. The first kappa shape index (κ1) is 20.1. The van der Waals surface area contributed by atoms with Crippen molar-refractivity contribution in [2.45, 2.75) is 6.61 Å². The first-order chi connectivity index (χ1) is 14.2. The van der Waals surface area contributed by atoms with Gasteiger partial charge in [-0.1, -0.05) is 66.4 Å². The van der Waals surface area contributed by atoms with Crippen LogP contribution in [0.2, 0.25) is 0 Å². The molecule has 0 bridgehead atoms. The van der Waals surface area contributed by atoms with E-state index in [0.29, 0.717) is 35.7 Å². The number of thiocarbonyl (C=S) groups is 1. The number of nitrogens with zero attached hydrogens (tertiary/aromatic N) is 2. The van der Waals surface area contributed by atoms with Gasteiger partial charge in [-0.2, -0.15) is 0 Å². The van der Waals surface area contributed by atoms with Gasteiger partial charge in [0.1, 0.15) is 16.7 Å². The number of hydrogen-bond acceptors (Lipinski definition) is 6. The van der Waals surface area contributed by atoms with Crippen molar-refractivity contribution in [3.8, 4) is 5.75 Å². The van der Waals surface area contributed by atoms with Crippen molar-refractivity contribution in [1.82, 2.24) is 9.80 Å². The van der Waals surface area contributed by atoms with Crippen LogP contribution in [0.25, 0.3) is 6.08 Å². The molecule has 29 heavy (non-hydrogen) atoms. The van der Waals surface area contributed by atoms with Gasteiger partial charge in [0.25, 0.3) is 5.91 Å². The Morgan fingerprint density at radius 2 is 1.79 bits per heavy atom. The first-order valence-corrected chi connectivity index (χ1v) is 10.7. The lowest BCUT2D eigenvalue weighted by Gasteiger charge is -2.29. The van der Waals surface area contributed by atoms with E-state index >= 15 is 0 Å². The molecule has 2 saturated heterocycles. The minimum Gasteiger partial charge on any atom is -0.489 e. The molecule has 4 rings (SSSR count). The average Bonchev–Trinajstić information content (AvgIpc) is 3.02. The average molecular weight is 427 g/mol. The van der Waals surface area contributed by atoms with Crippen molar-refractivity contribution in [3.05, 3.63) is 70.6 Å². The molecule has 2 aromatic carbocycles. The molecule has 0 unspecified atom stereocenters. The molecule has 2 heterocycles. The topological polar surface area (TPSA) is 42.0 Å². The fourth-order valence-corrected chi connectivity index (χ4v) is 4.36. The van der Waals surface area contributed by atoms with Gasteiger partial charge in [-0.05, 0) is 29.3 Å². The molecular weight excluding hydrogens is 404 g/mol. The maximum Gasteiger partial charge on any atom is 0.267 e. The molecule has 150 valence electrons. The molecule has 0 atom stereocenters. The van der Waals surface area contributed by atoms with Gasteiger partial charge in [-0.3, -0.25) is 14.6 Å². The van der Waals surface area contributed by atoms with Gasteiger partial charge in [0.2, 0.25) is 0 Å². The van der Waals surface area contributed by atoms with Crippen LogP contribution in [0.15, 0.2) is 59.5 Å². The Labute approximate surface area is 180 Å². The van der Waals surface area contributed by atoms with E-state index in [1.54, 1.807) is 4.90 Å². The van der Waals surface area contributed by atoms with E-state index in [2.05, 4.69) is 4.90 Å². The van der Waals surface area contributed by atoms with Gasteiger partial charge in [-0.25, -0.2) is 0 Å². The van der Waals surface area contributed by atoms with E-state index in [0.717, 1.165) is 30.0 Å². The van der Waals surface area contributed by atoms with Crippen LogP contribution in [0.5, 0.6) is 5.75 Å². The molecule has 2 aliphatic heterocycles. The smallest absolute Gasteiger partial charge is 0.267 e. The predicted octanol–water partition coefficient (Wildman–Crippen LogP) is 3.76. The Balaban J connectivity index is 1.37. The monoisotopic (exact) mass is 426 g/mol. The molecule has 2 aromatic rings. The van der Waals surface area contributed by atoms with E-state index in [-0.39, 0.29) is 5.91 Å². The van der Waals surface area contributed by atoms with Crippen LogP contribution in [0.1, 0.15) is 11.1 Å². The summed E-state index contributed by atoms with van der Waals surface area (Å²) in [5.41, 5.74) is 2.07. The summed E-state index contributed by atoms with van der Waals surface area (Å²) in [5.74, 6) is 0.766. The molecule has 0 N–H and O–H groups in total. The highest BCUT2D eigenvalue weighted by molar-refractivity contribution is 8.26. The Morgan fingerprint density at radius 3 is 2.52 bits per heavy atom. The number of rotatable bonds is 6. The van der Waals surface area contributed by atoms with Crippen LogP contribution >= 0.6 is 24.0 Å². The predicted molar refractivity (Wildman–Crippen MR) is 119 cm³/mol.